The molecule has 0 saturated heterocycles. The normalized spacial score (nSPS) is 11.9. The van der Waals surface area contributed by atoms with Gasteiger partial charge in [-0.25, -0.2) is 15.0 Å². The standard InChI is InChI=1S/C20H19F3N6O3S/c1-29-16-14(8-11(10-25-16)17(31)24-4-6-32-7-5-30)26-18(29)28-19-27-13-3-2-12(20(21,22)23)9-15(13)33-19/h2-3,8-10,30H,4-7H2,1H3,(H,24,31)(H,26,27,28). The van der Waals surface area contributed by atoms with E-state index < -0.39 is 11.7 Å². The predicted molar refractivity (Wildman–Crippen MR) is 117 cm³/mol. The summed E-state index contributed by atoms with van der Waals surface area (Å²) < 4.78 is 46.0. The maximum Gasteiger partial charge on any atom is 0.416 e. The molecule has 0 bridgehead atoms. The highest BCUT2D eigenvalue weighted by atomic mass is 32.1. The van der Waals surface area contributed by atoms with Gasteiger partial charge in [-0.2, -0.15) is 13.2 Å². The molecule has 13 heteroatoms. The Morgan fingerprint density at radius 1 is 1.21 bits per heavy atom. The van der Waals surface area contributed by atoms with Crippen molar-refractivity contribution in [2.24, 2.45) is 7.05 Å². The SMILES string of the molecule is Cn1c(Nc2nc3ccc(C(F)(F)F)cc3s2)nc2cc(C(=O)NCCOCCO)cnc21. The number of aryl methyl sites for hydroxylation is 1. The van der Waals surface area contributed by atoms with Crippen LogP contribution < -0.4 is 10.6 Å². The van der Waals surface area contributed by atoms with E-state index in [1.54, 1.807) is 17.7 Å². The number of amides is 1. The van der Waals surface area contributed by atoms with Gasteiger partial charge in [-0.3, -0.25) is 9.36 Å². The van der Waals surface area contributed by atoms with Crippen molar-refractivity contribution in [3.8, 4) is 0 Å². The van der Waals surface area contributed by atoms with Gasteiger partial charge in [0.05, 0.1) is 41.2 Å². The molecular weight excluding hydrogens is 461 g/mol. The van der Waals surface area contributed by atoms with Gasteiger partial charge < -0.3 is 20.5 Å². The fraction of sp³-hybridized carbons (Fsp3) is 0.300. The fourth-order valence-corrected chi connectivity index (χ4v) is 3.97. The van der Waals surface area contributed by atoms with E-state index in [9.17, 15) is 18.0 Å². The van der Waals surface area contributed by atoms with Crippen LogP contribution >= 0.6 is 11.3 Å². The number of thiazole rings is 1. The molecular formula is C20H19F3N6O3S. The van der Waals surface area contributed by atoms with Crippen LogP contribution in [0.2, 0.25) is 0 Å². The van der Waals surface area contributed by atoms with Crippen LogP contribution in [0.1, 0.15) is 15.9 Å². The number of fused-ring (bicyclic) bond motifs is 2. The molecule has 3 aromatic heterocycles. The molecule has 0 saturated carbocycles. The Hall–Kier alpha value is -3.29. The molecule has 4 aromatic rings. The second-order valence-electron chi connectivity index (χ2n) is 6.98. The minimum Gasteiger partial charge on any atom is -0.394 e. The molecule has 1 amide bonds. The number of pyridine rings is 1. The second-order valence-corrected chi connectivity index (χ2v) is 8.01. The lowest BCUT2D eigenvalue weighted by Gasteiger charge is -2.05. The average molecular weight is 480 g/mol. The van der Waals surface area contributed by atoms with Crippen LogP contribution in [-0.4, -0.2) is 56.9 Å². The summed E-state index contributed by atoms with van der Waals surface area (Å²) in [5.41, 5.74) is 0.997. The summed E-state index contributed by atoms with van der Waals surface area (Å²) in [6, 6.07) is 4.98. The first-order valence-corrected chi connectivity index (χ1v) is 10.6. The van der Waals surface area contributed by atoms with Gasteiger partial charge in [0.2, 0.25) is 5.95 Å². The van der Waals surface area contributed by atoms with E-state index in [-0.39, 0.29) is 32.3 Å². The molecule has 0 unspecified atom stereocenters. The van der Waals surface area contributed by atoms with Gasteiger partial charge in [-0.15, -0.1) is 0 Å². The number of aliphatic hydroxyl groups is 1. The summed E-state index contributed by atoms with van der Waals surface area (Å²) in [6.45, 7) is 0.660. The van der Waals surface area contributed by atoms with E-state index in [0.29, 0.717) is 38.0 Å². The number of aromatic nitrogens is 4. The number of rotatable bonds is 8. The zero-order valence-electron chi connectivity index (χ0n) is 17.3. The Morgan fingerprint density at radius 2 is 2.03 bits per heavy atom. The van der Waals surface area contributed by atoms with Gasteiger partial charge in [-0.05, 0) is 24.3 Å². The molecule has 0 aliphatic heterocycles. The van der Waals surface area contributed by atoms with E-state index in [4.69, 9.17) is 9.84 Å². The van der Waals surface area contributed by atoms with Gasteiger partial charge in [0.25, 0.3) is 5.91 Å². The molecule has 9 nitrogen and oxygen atoms in total. The second kappa shape index (κ2) is 9.29. The lowest BCUT2D eigenvalue weighted by molar-refractivity contribution is -0.137. The molecule has 0 fully saturated rings. The van der Waals surface area contributed by atoms with Crippen LogP contribution in [0.4, 0.5) is 24.3 Å². The topological polar surface area (TPSA) is 114 Å². The predicted octanol–water partition coefficient (Wildman–Crippen LogP) is 3.08. The van der Waals surface area contributed by atoms with Crippen LogP contribution in [0.3, 0.4) is 0 Å². The summed E-state index contributed by atoms with van der Waals surface area (Å²) in [5.74, 6) is 0.0337. The first kappa shape index (κ1) is 22.9. The zero-order chi connectivity index (χ0) is 23.6. The molecule has 0 aliphatic rings. The van der Waals surface area contributed by atoms with Crippen molar-refractivity contribution in [3.05, 3.63) is 41.6 Å². The number of ether oxygens (including phenoxy) is 1. The Morgan fingerprint density at radius 3 is 2.79 bits per heavy atom. The molecule has 174 valence electrons. The number of halogens is 3. The molecule has 3 heterocycles. The quantitative estimate of drug-likeness (QED) is 0.332. The number of carbonyl (C=O) groups is 1. The third-order valence-corrected chi connectivity index (χ3v) is 5.61. The smallest absolute Gasteiger partial charge is 0.394 e. The van der Waals surface area contributed by atoms with Gasteiger partial charge in [0, 0.05) is 19.8 Å². The molecule has 0 radical (unpaired) electrons. The third kappa shape index (κ3) is 5.05. The number of nitrogens with zero attached hydrogens (tertiary/aromatic N) is 4. The third-order valence-electron chi connectivity index (χ3n) is 4.67. The Labute approximate surface area is 189 Å². The van der Waals surface area contributed by atoms with Gasteiger partial charge in [0.15, 0.2) is 10.8 Å². The molecule has 33 heavy (non-hydrogen) atoms. The van der Waals surface area contributed by atoms with Crippen molar-refractivity contribution in [3.63, 3.8) is 0 Å². The summed E-state index contributed by atoms with van der Waals surface area (Å²) >= 11 is 1.08. The van der Waals surface area contributed by atoms with Gasteiger partial charge in [0.1, 0.15) is 5.52 Å². The van der Waals surface area contributed by atoms with Crippen molar-refractivity contribution < 1.29 is 27.8 Å². The largest absolute Gasteiger partial charge is 0.416 e. The van der Waals surface area contributed by atoms with Crippen LogP contribution in [0.5, 0.6) is 0 Å². The summed E-state index contributed by atoms with van der Waals surface area (Å²) in [4.78, 5) is 25.4. The summed E-state index contributed by atoms with van der Waals surface area (Å²) in [5, 5.41) is 14.7. The number of hydrogen-bond donors (Lipinski definition) is 3. The van der Waals surface area contributed by atoms with Crippen molar-refractivity contribution in [1.82, 2.24) is 24.8 Å². The minimum atomic E-state index is -4.43. The lowest BCUT2D eigenvalue weighted by atomic mass is 10.2. The van der Waals surface area contributed by atoms with Crippen LogP contribution in [0.25, 0.3) is 21.4 Å². The number of alkyl halides is 3. The molecule has 4 rings (SSSR count). The first-order valence-electron chi connectivity index (χ1n) is 9.80. The number of anilines is 2. The van der Waals surface area contributed by atoms with Crippen molar-refractivity contribution >= 4 is 49.7 Å². The Kier molecular flexibility index (Phi) is 6.44. The van der Waals surface area contributed by atoms with Crippen LogP contribution in [-0.2, 0) is 18.0 Å². The van der Waals surface area contributed by atoms with E-state index in [1.165, 1.54) is 12.3 Å². The van der Waals surface area contributed by atoms with Gasteiger partial charge in [-0.1, -0.05) is 11.3 Å². The number of benzene rings is 1. The monoisotopic (exact) mass is 480 g/mol. The maximum atomic E-state index is 13.0. The first-order chi connectivity index (χ1) is 15.8. The molecule has 1 aromatic carbocycles. The average Bonchev–Trinajstić information content (AvgIpc) is 3.32. The van der Waals surface area contributed by atoms with Gasteiger partial charge >= 0.3 is 6.18 Å². The summed E-state index contributed by atoms with van der Waals surface area (Å²) in [6.07, 6.45) is -3.00. The molecule has 0 atom stereocenters. The summed E-state index contributed by atoms with van der Waals surface area (Å²) in [7, 11) is 1.72. The van der Waals surface area contributed by atoms with E-state index in [0.717, 1.165) is 23.5 Å². The molecule has 3 N–H and O–H groups in total. The number of imidazole rings is 1. The lowest BCUT2D eigenvalue weighted by Crippen LogP contribution is -2.27. The Bertz CT molecular complexity index is 1300. The van der Waals surface area contributed by atoms with Crippen molar-refractivity contribution in [2.45, 2.75) is 6.18 Å². The van der Waals surface area contributed by atoms with E-state index in [1.807, 2.05) is 0 Å². The highest BCUT2D eigenvalue weighted by molar-refractivity contribution is 7.22. The highest BCUT2D eigenvalue weighted by Gasteiger charge is 2.30. The minimum absolute atomic E-state index is 0.0871. The fourth-order valence-electron chi connectivity index (χ4n) is 3.07. The number of hydrogen-bond acceptors (Lipinski definition) is 8. The van der Waals surface area contributed by atoms with Crippen molar-refractivity contribution in [2.75, 3.05) is 31.7 Å². The maximum absolute atomic E-state index is 13.0. The number of nitrogens with one attached hydrogen (secondary N) is 2. The molecule has 0 aliphatic carbocycles. The zero-order valence-corrected chi connectivity index (χ0v) is 18.1. The van der Waals surface area contributed by atoms with Crippen LogP contribution in [0, 0.1) is 0 Å². The number of carbonyl (C=O) groups excluding carboxylic acids is 1. The van der Waals surface area contributed by atoms with Crippen LogP contribution in [0.15, 0.2) is 30.5 Å². The number of aliphatic hydroxyl groups excluding tert-OH is 1. The Balaban J connectivity index is 1.51. The van der Waals surface area contributed by atoms with E-state index in [2.05, 4.69) is 25.6 Å². The highest BCUT2D eigenvalue weighted by Crippen LogP contribution is 2.35. The van der Waals surface area contributed by atoms with Crippen molar-refractivity contribution in [1.29, 1.82) is 0 Å². The van der Waals surface area contributed by atoms with E-state index >= 15 is 0 Å². The molecule has 0 spiro atoms.